The molecule has 0 aliphatic heterocycles. The molecule has 0 aromatic heterocycles. The molecule has 0 radical (unpaired) electrons. The van der Waals surface area contributed by atoms with Gasteiger partial charge in [-0.2, -0.15) is 0 Å². The van der Waals surface area contributed by atoms with Crippen LogP contribution in [0.25, 0.3) is 5.57 Å². The Balaban J connectivity index is 0.00000520. The molecule has 5 rings (SSSR count). The molecule has 0 N–H and O–H groups in total. The van der Waals surface area contributed by atoms with Gasteiger partial charge in [0.25, 0.3) is 0 Å². The summed E-state index contributed by atoms with van der Waals surface area (Å²) in [6.45, 7) is 8.68. The first-order valence-corrected chi connectivity index (χ1v) is 17.9. The molecule has 0 saturated heterocycles. The summed E-state index contributed by atoms with van der Waals surface area (Å²) in [5.74, 6) is 0. The van der Waals surface area contributed by atoms with Crippen LogP contribution in [0, 0.1) is 6.92 Å². The van der Waals surface area contributed by atoms with Crippen LogP contribution in [0.5, 0.6) is 0 Å². The Hall–Kier alpha value is -3.41. The van der Waals surface area contributed by atoms with Crippen LogP contribution in [-0.2, 0) is 34.3 Å². The van der Waals surface area contributed by atoms with Gasteiger partial charge in [-0.25, -0.2) is 13.0 Å². The number of rotatable bonds is 11. The summed E-state index contributed by atoms with van der Waals surface area (Å²) in [6, 6.07) is 30.0. The summed E-state index contributed by atoms with van der Waals surface area (Å²) < 4.78 is 59.8. The smallest absolute Gasteiger partial charge is 0.768 e. The fraction of sp³-hybridized carbons (Fsp3) is 0.184. The van der Waals surface area contributed by atoms with E-state index in [0.717, 1.165) is 51.3 Å². The second-order valence-electron chi connectivity index (χ2n) is 11.3. The second-order valence-corrected chi connectivity index (χ2v) is 13.7. The van der Waals surface area contributed by atoms with Gasteiger partial charge in [-0.05, 0) is 108 Å². The first kappa shape index (κ1) is 37.4. The van der Waals surface area contributed by atoms with Gasteiger partial charge in [-0.1, -0.05) is 66.2 Å². The minimum Gasteiger partial charge on any atom is -0.768 e. The Kier molecular flexibility index (Phi) is 13.1. The van der Waals surface area contributed by atoms with Crippen molar-refractivity contribution in [2.75, 3.05) is 18.0 Å². The third-order valence-corrected chi connectivity index (χ3v) is 9.64. The summed E-state index contributed by atoms with van der Waals surface area (Å²) in [7, 11) is -4.53. The molecule has 0 heterocycles. The van der Waals surface area contributed by atoms with Crippen LogP contribution in [0.4, 0.5) is 5.69 Å². The molecule has 4 aromatic carbocycles. The second kappa shape index (κ2) is 16.8. The molecule has 4 aromatic rings. The third-order valence-electron chi connectivity index (χ3n) is 8.17. The van der Waals surface area contributed by atoms with E-state index in [4.69, 9.17) is 0 Å². The molecule has 1 aliphatic carbocycles. The average Bonchev–Trinajstić information content (AvgIpc) is 3.08. The van der Waals surface area contributed by atoms with E-state index >= 15 is 0 Å². The fourth-order valence-electron chi connectivity index (χ4n) is 5.66. The molecule has 7 nitrogen and oxygen atoms in total. The van der Waals surface area contributed by atoms with Crippen LogP contribution in [0.15, 0.2) is 137 Å². The quantitative estimate of drug-likeness (QED) is 0.103. The Labute approximate surface area is 308 Å². The number of nitrogens with zero attached hydrogens (tertiary/aromatic N) is 2. The monoisotopic (exact) mass is 688 g/mol. The van der Waals surface area contributed by atoms with Crippen molar-refractivity contribution in [3.63, 3.8) is 0 Å². The predicted octanol–water partition coefficient (Wildman–Crippen LogP) is 3.77. The van der Waals surface area contributed by atoms with Crippen LogP contribution in [0.1, 0.15) is 41.7 Å². The number of hydrogen-bond acceptors (Lipinski definition) is 6. The Morgan fingerprint density at radius 2 is 1.42 bits per heavy atom. The van der Waals surface area contributed by atoms with Crippen LogP contribution in [-0.4, -0.2) is 45.1 Å². The Bertz CT molecular complexity index is 2000. The van der Waals surface area contributed by atoms with E-state index in [1.54, 1.807) is 24.3 Å². The van der Waals surface area contributed by atoms with Gasteiger partial charge >= 0.3 is 29.6 Å². The van der Waals surface area contributed by atoms with E-state index in [0.29, 0.717) is 19.6 Å². The molecule has 1 unspecified atom stereocenters. The number of aryl methyl sites for hydroxylation is 1. The summed E-state index contributed by atoms with van der Waals surface area (Å²) >= 11 is -2.27. The zero-order valence-corrected chi connectivity index (χ0v) is 31.3. The van der Waals surface area contributed by atoms with Gasteiger partial charge in [0.05, 0.1) is 4.90 Å². The molecule has 0 spiro atoms. The normalized spacial score (nSPS) is 13.2. The van der Waals surface area contributed by atoms with Crippen molar-refractivity contribution in [2.24, 2.45) is 0 Å². The van der Waals surface area contributed by atoms with Crippen molar-refractivity contribution >= 4 is 38.2 Å². The van der Waals surface area contributed by atoms with Crippen LogP contribution >= 0.6 is 0 Å². The van der Waals surface area contributed by atoms with E-state index in [9.17, 15) is 21.7 Å². The summed E-state index contributed by atoms with van der Waals surface area (Å²) in [4.78, 5) is 2.19. The standard InChI is InChI=1S/C38H38N2O5S2.Na/c1-4-39(26-29-8-6-10-36(24-29)46(41)42)34-20-16-32(17-21-34)38(31-14-12-28(3)13-15-31)33-18-22-35(23-19-33)40(5-2)27-30-9-7-11-37(25-30)47(43,44)45;/h6-25H,4-5,26-27H2,1-3H3,(H-,41,42,43,44,45);/q;+1/p-1. The van der Waals surface area contributed by atoms with Gasteiger partial charge in [0.1, 0.15) is 16.7 Å². The first-order valence-electron chi connectivity index (χ1n) is 15.4. The van der Waals surface area contributed by atoms with E-state index in [-0.39, 0.29) is 39.3 Å². The number of anilines is 1. The van der Waals surface area contributed by atoms with Crippen molar-refractivity contribution in [3.8, 4) is 0 Å². The molecular weight excluding hydrogens is 652 g/mol. The van der Waals surface area contributed by atoms with Gasteiger partial charge < -0.3 is 14.0 Å². The summed E-state index contributed by atoms with van der Waals surface area (Å²) in [5, 5.41) is 0. The maximum absolute atomic E-state index is 11.5. The zero-order valence-electron chi connectivity index (χ0n) is 27.6. The summed E-state index contributed by atoms with van der Waals surface area (Å²) in [5.41, 5.74) is 9.16. The molecule has 0 bridgehead atoms. The maximum atomic E-state index is 11.5. The molecule has 0 amide bonds. The fourth-order valence-corrected chi connectivity index (χ4v) is 6.64. The Morgan fingerprint density at radius 3 is 2.00 bits per heavy atom. The minimum absolute atomic E-state index is 0. The maximum Gasteiger partial charge on any atom is 1.00 e. The van der Waals surface area contributed by atoms with E-state index < -0.39 is 21.2 Å². The van der Waals surface area contributed by atoms with Crippen LogP contribution in [0.2, 0.25) is 0 Å². The predicted molar refractivity (Wildman–Crippen MR) is 186 cm³/mol. The molecular formula is C38H37N2NaO5S2. The zero-order chi connectivity index (χ0) is 33.6. The van der Waals surface area contributed by atoms with Gasteiger partial charge in [0.15, 0.2) is 12.3 Å². The molecule has 1 aliphatic rings. The van der Waals surface area contributed by atoms with Gasteiger partial charge in [0, 0.05) is 41.4 Å². The number of benzene rings is 4. The third kappa shape index (κ3) is 9.39. The topological polar surface area (TPSA) is 104 Å². The molecule has 10 heteroatoms. The average molecular weight is 689 g/mol. The Morgan fingerprint density at radius 1 is 0.812 bits per heavy atom. The number of allylic oxidation sites excluding steroid dienone is 5. The van der Waals surface area contributed by atoms with Crippen molar-refractivity contribution < 1.29 is 55.9 Å². The van der Waals surface area contributed by atoms with Crippen molar-refractivity contribution in [1.82, 2.24) is 0 Å². The van der Waals surface area contributed by atoms with Crippen molar-refractivity contribution in [2.45, 2.75) is 43.7 Å². The molecule has 0 saturated carbocycles. The van der Waals surface area contributed by atoms with Crippen molar-refractivity contribution in [1.29, 1.82) is 0 Å². The van der Waals surface area contributed by atoms with E-state index in [1.165, 1.54) is 17.7 Å². The molecule has 0 fully saturated rings. The van der Waals surface area contributed by atoms with Crippen molar-refractivity contribution in [3.05, 3.63) is 155 Å². The van der Waals surface area contributed by atoms with E-state index in [1.807, 2.05) is 19.1 Å². The van der Waals surface area contributed by atoms with Gasteiger partial charge in [-0.15, -0.1) is 0 Å². The largest absolute Gasteiger partial charge is 1.00 e. The molecule has 1 atom stereocenters. The summed E-state index contributed by atoms with van der Waals surface area (Å²) in [6.07, 6.45) is 8.46. The van der Waals surface area contributed by atoms with Gasteiger partial charge in [0.2, 0.25) is 0 Å². The molecule has 48 heavy (non-hydrogen) atoms. The molecule has 242 valence electrons. The van der Waals surface area contributed by atoms with Crippen LogP contribution < -0.4 is 34.5 Å². The van der Waals surface area contributed by atoms with E-state index in [2.05, 4.69) is 96.2 Å². The first-order chi connectivity index (χ1) is 22.5. The van der Waals surface area contributed by atoms with Crippen LogP contribution in [0.3, 0.4) is 0 Å². The SMILES string of the molecule is CCN(Cc1cccc(S(=O)(=O)[O-])c1)c1ccc(C(=C2C=CC(=[N+](CC)Cc3cccc(S(=O)[O-])c3)C=C2)c2ccc(C)cc2)cc1.[Na+]. The van der Waals surface area contributed by atoms with Gasteiger partial charge in [-0.3, -0.25) is 4.21 Å². The number of hydrogen-bond donors (Lipinski definition) is 0. The minimum atomic E-state index is -4.53.